The molecule has 0 atom stereocenters. The molecule has 0 spiro atoms. The van der Waals surface area contributed by atoms with Crippen molar-refractivity contribution in [3.8, 4) is 0 Å². The summed E-state index contributed by atoms with van der Waals surface area (Å²) in [6.07, 6.45) is 10.6. The maximum absolute atomic E-state index is 8.74. The largest absolute Gasteiger partial charge is 1.00 e. The fraction of sp³-hybridized carbons (Fsp3) is 0.889. The summed E-state index contributed by atoms with van der Waals surface area (Å²) in [4.78, 5) is 0. The van der Waals surface area contributed by atoms with E-state index in [2.05, 4.69) is 20.3 Å². The third kappa shape index (κ3) is 52.2. The molecular weight excluding hydrogens is 227 g/mol. The Morgan fingerprint density at radius 3 is 1.80 bits per heavy atom. The van der Waals surface area contributed by atoms with E-state index in [0.29, 0.717) is 0 Å². The Morgan fingerprint density at radius 1 is 1.07 bits per heavy atom. The Bertz CT molecular complexity index is 178. The fourth-order valence-corrected chi connectivity index (χ4v) is 0.952. The molecular formula is C9H21NaO4S. The number of hydrogen-bond acceptors (Lipinski definition) is 2. The van der Waals surface area contributed by atoms with Gasteiger partial charge >= 0.3 is 40.0 Å². The van der Waals surface area contributed by atoms with E-state index in [4.69, 9.17) is 17.5 Å². The minimum atomic E-state index is -4.67. The van der Waals surface area contributed by atoms with Crippen molar-refractivity contribution in [1.82, 2.24) is 0 Å². The standard InChI is InChI=1S/C9H19.Na.H2O4S/c1-3-5-7-9-8-6-4-2;;1-5(2,3)4/h3H,4-9H2,1-2H3;;(H2,1,2,3,4)/q-1;+1;. The summed E-state index contributed by atoms with van der Waals surface area (Å²) in [5.41, 5.74) is 0. The molecule has 0 aliphatic carbocycles. The molecule has 0 aromatic heterocycles. The van der Waals surface area contributed by atoms with Gasteiger partial charge in [-0.1, -0.05) is 39.0 Å². The average molecular weight is 248 g/mol. The summed E-state index contributed by atoms with van der Waals surface area (Å²) < 4.78 is 31.6. The number of hydrogen-bond donors (Lipinski definition) is 2. The number of rotatable bonds is 6. The molecule has 0 radical (unpaired) electrons. The van der Waals surface area contributed by atoms with Crippen LogP contribution in [0.3, 0.4) is 0 Å². The molecule has 0 fully saturated rings. The molecule has 0 amide bonds. The molecule has 0 saturated carbocycles. The maximum Gasteiger partial charge on any atom is 1.00 e. The normalized spacial score (nSPS) is 9.87. The molecule has 4 nitrogen and oxygen atoms in total. The van der Waals surface area contributed by atoms with Crippen molar-refractivity contribution in [2.45, 2.75) is 52.4 Å². The van der Waals surface area contributed by atoms with Gasteiger partial charge in [0.1, 0.15) is 0 Å². The van der Waals surface area contributed by atoms with E-state index in [1.54, 1.807) is 0 Å². The van der Waals surface area contributed by atoms with Crippen molar-refractivity contribution in [2.24, 2.45) is 0 Å². The zero-order valence-electron chi connectivity index (χ0n) is 9.94. The Hall–Kier alpha value is 0.870. The molecule has 0 saturated heterocycles. The first-order valence-electron chi connectivity index (χ1n) is 4.89. The van der Waals surface area contributed by atoms with Gasteiger partial charge in [-0.05, 0) is 0 Å². The Labute approximate surface area is 116 Å². The van der Waals surface area contributed by atoms with Crippen LogP contribution in [0.2, 0.25) is 0 Å². The third-order valence-electron chi connectivity index (χ3n) is 1.60. The molecule has 88 valence electrons. The summed E-state index contributed by atoms with van der Waals surface area (Å²) in [6, 6.07) is 0. The third-order valence-corrected chi connectivity index (χ3v) is 1.60. The molecule has 2 N–H and O–H groups in total. The van der Waals surface area contributed by atoms with E-state index in [9.17, 15) is 0 Å². The molecule has 0 aromatic rings. The van der Waals surface area contributed by atoms with Crippen molar-refractivity contribution in [2.75, 3.05) is 0 Å². The van der Waals surface area contributed by atoms with Crippen molar-refractivity contribution in [3.63, 3.8) is 0 Å². The van der Waals surface area contributed by atoms with Crippen LogP contribution in [0.15, 0.2) is 0 Å². The van der Waals surface area contributed by atoms with Gasteiger partial charge in [-0.2, -0.15) is 21.8 Å². The molecule has 0 rings (SSSR count). The van der Waals surface area contributed by atoms with Gasteiger partial charge in [-0.3, -0.25) is 9.11 Å². The van der Waals surface area contributed by atoms with Crippen LogP contribution in [-0.4, -0.2) is 17.5 Å². The Morgan fingerprint density at radius 2 is 1.47 bits per heavy atom. The SMILES string of the molecule is C[CH-]CCCCCCC.O=S(=O)(O)O.[Na+]. The zero-order valence-corrected chi connectivity index (χ0v) is 12.8. The first-order valence-corrected chi connectivity index (χ1v) is 6.29. The summed E-state index contributed by atoms with van der Waals surface area (Å²) in [6.45, 7) is 4.39. The van der Waals surface area contributed by atoms with E-state index in [-0.39, 0.29) is 29.6 Å². The Balaban J connectivity index is -0.000000208. The van der Waals surface area contributed by atoms with E-state index in [0.717, 1.165) is 0 Å². The molecule has 0 aromatic carbocycles. The van der Waals surface area contributed by atoms with Gasteiger partial charge in [0.25, 0.3) is 0 Å². The second-order valence-electron chi connectivity index (χ2n) is 3.06. The quantitative estimate of drug-likeness (QED) is 0.298. The van der Waals surface area contributed by atoms with Gasteiger partial charge in [0.05, 0.1) is 0 Å². The van der Waals surface area contributed by atoms with Crippen LogP contribution in [0.25, 0.3) is 0 Å². The predicted octanol–water partition coefficient (Wildman–Crippen LogP) is -0.0777. The smallest absolute Gasteiger partial charge is 0.332 e. The molecule has 6 heteroatoms. The van der Waals surface area contributed by atoms with E-state index in [1.807, 2.05) is 0 Å². The van der Waals surface area contributed by atoms with E-state index < -0.39 is 10.4 Å². The molecule has 15 heavy (non-hydrogen) atoms. The summed E-state index contributed by atoms with van der Waals surface area (Å²) in [5, 5.41) is 0. The molecule has 0 bridgehead atoms. The minimum absolute atomic E-state index is 0. The second-order valence-corrected chi connectivity index (χ2v) is 3.95. The number of unbranched alkanes of at least 4 members (excludes halogenated alkanes) is 6. The first-order chi connectivity index (χ1) is 6.41. The van der Waals surface area contributed by atoms with Crippen molar-refractivity contribution >= 4 is 10.4 Å². The molecule has 0 heterocycles. The van der Waals surface area contributed by atoms with Crippen LogP contribution >= 0.6 is 0 Å². The van der Waals surface area contributed by atoms with Gasteiger partial charge < -0.3 is 6.42 Å². The van der Waals surface area contributed by atoms with Gasteiger partial charge in [-0.15, -0.1) is 0 Å². The summed E-state index contributed by atoms with van der Waals surface area (Å²) >= 11 is 0. The second kappa shape index (κ2) is 14.9. The maximum atomic E-state index is 8.74. The topological polar surface area (TPSA) is 74.6 Å². The van der Waals surface area contributed by atoms with Gasteiger partial charge in [0.2, 0.25) is 0 Å². The van der Waals surface area contributed by atoms with E-state index in [1.165, 1.54) is 38.5 Å². The zero-order chi connectivity index (χ0) is 11.4. The van der Waals surface area contributed by atoms with Gasteiger partial charge in [-0.25, -0.2) is 0 Å². The van der Waals surface area contributed by atoms with Gasteiger partial charge in [0, 0.05) is 0 Å². The van der Waals surface area contributed by atoms with Crippen LogP contribution in [0.5, 0.6) is 0 Å². The molecule has 0 unspecified atom stereocenters. The predicted molar refractivity (Wildman–Crippen MR) is 57.5 cm³/mol. The summed E-state index contributed by atoms with van der Waals surface area (Å²) in [7, 11) is -4.67. The van der Waals surface area contributed by atoms with Crippen LogP contribution in [-0.2, 0) is 10.4 Å². The van der Waals surface area contributed by atoms with Crippen LogP contribution in [0.1, 0.15) is 52.4 Å². The first kappa shape index (κ1) is 21.2. The van der Waals surface area contributed by atoms with E-state index >= 15 is 0 Å². The van der Waals surface area contributed by atoms with Crippen LogP contribution in [0.4, 0.5) is 0 Å². The van der Waals surface area contributed by atoms with Crippen molar-refractivity contribution in [1.29, 1.82) is 0 Å². The van der Waals surface area contributed by atoms with Gasteiger partial charge in [0.15, 0.2) is 0 Å². The average Bonchev–Trinajstić information content (AvgIpc) is 2.01. The van der Waals surface area contributed by atoms with Crippen LogP contribution < -0.4 is 29.6 Å². The van der Waals surface area contributed by atoms with Crippen LogP contribution in [0, 0.1) is 6.42 Å². The summed E-state index contributed by atoms with van der Waals surface area (Å²) in [5.74, 6) is 0. The molecule has 0 aliphatic heterocycles. The van der Waals surface area contributed by atoms with Crippen molar-refractivity contribution in [3.05, 3.63) is 6.42 Å². The minimum Gasteiger partial charge on any atom is -0.332 e. The molecule has 0 aliphatic rings. The fourth-order valence-electron chi connectivity index (χ4n) is 0.952. The Kier molecular flexibility index (Phi) is 21.0. The monoisotopic (exact) mass is 248 g/mol. The van der Waals surface area contributed by atoms with Crippen molar-refractivity contribution < 1.29 is 47.1 Å².